The van der Waals surface area contributed by atoms with Crippen molar-refractivity contribution in [1.82, 2.24) is 5.53 Å². The zero-order chi connectivity index (χ0) is 16.8. The van der Waals surface area contributed by atoms with Crippen molar-refractivity contribution in [3.63, 3.8) is 0 Å². The van der Waals surface area contributed by atoms with E-state index in [1.165, 1.54) is 11.1 Å². The van der Waals surface area contributed by atoms with Gasteiger partial charge in [0.2, 0.25) is 0 Å². The highest BCUT2D eigenvalue weighted by Gasteiger charge is 2.12. The van der Waals surface area contributed by atoms with Gasteiger partial charge in [-0.2, -0.15) is 5.53 Å². The second-order valence-electron chi connectivity index (χ2n) is 5.53. The standard InChI is InChI=1S/C20H20N4/c1-16-10-9-15-20(17(16)2)24(19-13-7-4-8-14-19)23-22-21-18-11-5-3-6-12-18/h3-15H,1-2H3,(H,21,23). The molecule has 1 N–H and O–H groups in total. The maximum absolute atomic E-state index is 4.22. The fourth-order valence-electron chi connectivity index (χ4n) is 2.43. The Bertz CT molecular complexity index is 814. The average Bonchev–Trinajstić information content (AvgIpc) is 2.63. The first-order valence-electron chi connectivity index (χ1n) is 7.88. The predicted octanol–water partition coefficient (Wildman–Crippen LogP) is 5.65. The predicted molar refractivity (Wildman–Crippen MR) is 98.6 cm³/mol. The van der Waals surface area contributed by atoms with E-state index in [0.717, 1.165) is 17.1 Å². The number of nitrogens with one attached hydrogen (secondary N) is 1. The van der Waals surface area contributed by atoms with Gasteiger partial charge in [0.25, 0.3) is 0 Å². The Labute approximate surface area is 142 Å². The first-order valence-corrected chi connectivity index (χ1v) is 7.88. The molecule has 0 spiro atoms. The smallest absolute Gasteiger partial charge is 0.0874 e. The Balaban J connectivity index is 1.91. The summed E-state index contributed by atoms with van der Waals surface area (Å²) in [6.07, 6.45) is 0. The molecule has 0 saturated heterocycles. The minimum atomic E-state index is 0.805. The zero-order valence-corrected chi connectivity index (χ0v) is 13.8. The minimum Gasteiger partial charge on any atom is -0.239 e. The Morgan fingerprint density at radius 1 is 0.750 bits per heavy atom. The molecule has 0 aliphatic carbocycles. The number of nitrogens with zero attached hydrogens (tertiary/aromatic N) is 3. The highest BCUT2D eigenvalue weighted by molar-refractivity contribution is 5.66. The molecule has 3 rings (SSSR count). The molecule has 4 nitrogen and oxygen atoms in total. The normalized spacial score (nSPS) is 10.8. The molecule has 0 heterocycles. The van der Waals surface area contributed by atoms with E-state index in [4.69, 9.17) is 0 Å². The van der Waals surface area contributed by atoms with E-state index < -0.39 is 0 Å². The topological polar surface area (TPSA) is 40.0 Å². The van der Waals surface area contributed by atoms with Crippen molar-refractivity contribution < 1.29 is 0 Å². The summed E-state index contributed by atoms with van der Waals surface area (Å²) in [5.74, 6) is 0. The number of para-hydroxylation sites is 1. The Hall–Kier alpha value is -3.14. The van der Waals surface area contributed by atoms with Crippen LogP contribution in [0, 0.1) is 13.8 Å². The van der Waals surface area contributed by atoms with Crippen molar-refractivity contribution in [2.75, 3.05) is 5.01 Å². The summed E-state index contributed by atoms with van der Waals surface area (Å²) in [7, 11) is 0. The lowest BCUT2D eigenvalue weighted by molar-refractivity contribution is 0.710. The molecule has 3 aromatic carbocycles. The number of benzene rings is 3. The van der Waals surface area contributed by atoms with Crippen LogP contribution in [0.3, 0.4) is 0 Å². The van der Waals surface area contributed by atoms with Crippen LogP contribution in [0.4, 0.5) is 17.1 Å². The van der Waals surface area contributed by atoms with Gasteiger partial charge in [-0.3, -0.25) is 0 Å². The van der Waals surface area contributed by atoms with Gasteiger partial charge in [0.05, 0.1) is 17.1 Å². The molecule has 0 amide bonds. The van der Waals surface area contributed by atoms with E-state index in [0.29, 0.717) is 0 Å². The van der Waals surface area contributed by atoms with Crippen LogP contribution >= 0.6 is 0 Å². The number of hydrogen-bond donors (Lipinski definition) is 1. The lowest BCUT2D eigenvalue weighted by Gasteiger charge is -2.25. The van der Waals surface area contributed by atoms with E-state index in [9.17, 15) is 0 Å². The fourth-order valence-corrected chi connectivity index (χ4v) is 2.43. The molecule has 0 saturated carbocycles. The van der Waals surface area contributed by atoms with E-state index in [-0.39, 0.29) is 0 Å². The molecule has 0 aliphatic rings. The van der Waals surface area contributed by atoms with Gasteiger partial charge in [-0.05, 0) is 55.3 Å². The Morgan fingerprint density at radius 3 is 2.12 bits per heavy atom. The van der Waals surface area contributed by atoms with E-state index in [1.54, 1.807) is 0 Å². The van der Waals surface area contributed by atoms with Gasteiger partial charge in [0.15, 0.2) is 0 Å². The van der Waals surface area contributed by atoms with Crippen molar-refractivity contribution >= 4 is 17.1 Å². The highest BCUT2D eigenvalue weighted by Crippen LogP contribution is 2.28. The van der Waals surface area contributed by atoms with Gasteiger partial charge in [0.1, 0.15) is 0 Å². The molecule has 0 bridgehead atoms. The van der Waals surface area contributed by atoms with Crippen LogP contribution in [0.25, 0.3) is 0 Å². The molecule has 4 heteroatoms. The van der Waals surface area contributed by atoms with Crippen LogP contribution in [0.5, 0.6) is 0 Å². The number of hydrogen-bond acceptors (Lipinski definition) is 3. The van der Waals surface area contributed by atoms with Crippen LogP contribution < -0.4 is 10.5 Å². The summed E-state index contributed by atoms with van der Waals surface area (Å²) in [6, 6.07) is 26.0. The van der Waals surface area contributed by atoms with Gasteiger partial charge >= 0.3 is 0 Å². The van der Waals surface area contributed by atoms with Crippen LogP contribution in [-0.2, 0) is 0 Å². The van der Waals surface area contributed by atoms with Crippen molar-refractivity contribution in [3.05, 3.63) is 90.0 Å². The largest absolute Gasteiger partial charge is 0.239 e. The molecule has 0 unspecified atom stereocenters. The number of anilines is 2. The second kappa shape index (κ2) is 7.42. The van der Waals surface area contributed by atoms with E-state index >= 15 is 0 Å². The summed E-state index contributed by atoms with van der Waals surface area (Å²) >= 11 is 0. The molecule has 0 aromatic heterocycles. The lowest BCUT2D eigenvalue weighted by Crippen LogP contribution is -2.29. The molecule has 3 aromatic rings. The van der Waals surface area contributed by atoms with Gasteiger partial charge in [0, 0.05) is 0 Å². The maximum atomic E-state index is 4.22. The highest BCUT2D eigenvalue weighted by atomic mass is 15.7. The van der Waals surface area contributed by atoms with Crippen LogP contribution in [0.1, 0.15) is 11.1 Å². The Kier molecular flexibility index (Phi) is 4.87. The van der Waals surface area contributed by atoms with Crippen LogP contribution in [0.15, 0.2) is 89.2 Å². The molecule has 0 fully saturated rings. The molecule has 24 heavy (non-hydrogen) atoms. The SMILES string of the molecule is Cc1cccc(N(NN=Nc2ccccc2)c2ccccc2)c1C. The van der Waals surface area contributed by atoms with Crippen LogP contribution in [-0.4, -0.2) is 0 Å². The third-order valence-electron chi connectivity index (χ3n) is 3.90. The summed E-state index contributed by atoms with van der Waals surface area (Å²) in [5, 5.41) is 10.3. The quantitative estimate of drug-likeness (QED) is 0.488. The molecule has 0 radical (unpaired) electrons. The van der Waals surface area contributed by atoms with Gasteiger partial charge in [-0.15, -0.1) is 5.11 Å². The monoisotopic (exact) mass is 316 g/mol. The van der Waals surface area contributed by atoms with Crippen molar-refractivity contribution in [2.24, 2.45) is 10.3 Å². The van der Waals surface area contributed by atoms with Crippen molar-refractivity contribution in [3.8, 4) is 0 Å². The van der Waals surface area contributed by atoms with Gasteiger partial charge < -0.3 is 0 Å². The molecule has 0 aliphatic heterocycles. The summed E-state index contributed by atoms with van der Waals surface area (Å²) in [6.45, 7) is 4.21. The van der Waals surface area contributed by atoms with Crippen molar-refractivity contribution in [2.45, 2.75) is 13.8 Å². The summed E-state index contributed by atoms with van der Waals surface area (Å²) < 4.78 is 0. The third-order valence-corrected chi connectivity index (χ3v) is 3.90. The third kappa shape index (κ3) is 3.60. The zero-order valence-electron chi connectivity index (χ0n) is 13.8. The number of hydrazine groups is 1. The lowest BCUT2D eigenvalue weighted by atomic mass is 10.1. The Morgan fingerprint density at radius 2 is 1.42 bits per heavy atom. The molecular formula is C20H20N4. The first-order chi connectivity index (χ1) is 11.8. The minimum absolute atomic E-state index is 0.805. The van der Waals surface area contributed by atoms with Crippen molar-refractivity contribution in [1.29, 1.82) is 0 Å². The first kappa shape index (κ1) is 15.7. The second-order valence-corrected chi connectivity index (χ2v) is 5.53. The van der Waals surface area contributed by atoms with E-state index in [1.807, 2.05) is 71.7 Å². The summed E-state index contributed by atoms with van der Waals surface area (Å²) in [4.78, 5) is 0. The maximum Gasteiger partial charge on any atom is 0.0874 e. The van der Waals surface area contributed by atoms with Gasteiger partial charge in [-0.25, -0.2) is 5.01 Å². The van der Waals surface area contributed by atoms with Gasteiger partial charge in [-0.1, -0.05) is 53.8 Å². The fraction of sp³-hybridized carbons (Fsp3) is 0.100. The summed E-state index contributed by atoms with van der Waals surface area (Å²) in [5.41, 5.74) is 8.34. The molecule has 120 valence electrons. The van der Waals surface area contributed by atoms with E-state index in [2.05, 4.69) is 41.9 Å². The molecule has 0 atom stereocenters. The number of rotatable bonds is 5. The average molecular weight is 316 g/mol. The number of aryl methyl sites for hydroxylation is 1. The molecular weight excluding hydrogens is 296 g/mol. The van der Waals surface area contributed by atoms with Crippen LogP contribution in [0.2, 0.25) is 0 Å².